The van der Waals surface area contributed by atoms with Gasteiger partial charge in [-0.2, -0.15) is 0 Å². The first-order chi connectivity index (χ1) is 41.4. The molecule has 0 bridgehead atoms. The molecule has 2 nitrogen and oxygen atoms in total. The highest BCUT2D eigenvalue weighted by Crippen LogP contribution is 2.46. The van der Waals surface area contributed by atoms with Gasteiger partial charge in [-0.3, -0.25) is 0 Å². The van der Waals surface area contributed by atoms with E-state index >= 15 is 0 Å². The number of fused-ring (bicyclic) bond motifs is 1. The summed E-state index contributed by atoms with van der Waals surface area (Å²) < 4.78 is 0. The molecule has 10 aromatic carbocycles. The standard InChI is InChI=1S/C82H74N2/c1-61-17-21-63(22-18-61)25-27-65-29-33-67(34-30-65)37-39-69-41-49-75(50-42-69)83(77-53-45-73(46-54-77)59-71-11-5-3-6-12-71)81-57-58-82(80-16-10-9-15-79(80)81)84(78-55-47-74(48-56-78)60-72-13-7-4-8-14-72)76-51-43-70(44-52-76)40-38-68-35-31-66(32-36-68)28-26-64-23-19-62(2)20-24-64/h9-10,15-60H,3-8,11-14H2,1-2H3. The Morgan fingerprint density at radius 3 is 0.726 bits per heavy atom. The first kappa shape index (κ1) is 55.1. The first-order valence-electron chi connectivity index (χ1n) is 30.4. The Kier molecular flexibility index (Phi) is 17.4. The maximum atomic E-state index is 2.44. The molecule has 2 aliphatic carbocycles. The van der Waals surface area contributed by atoms with Gasteiger partial charge in [-0.05, 0) is 182 Å². The topological polar surface area (TPSA) is 6.48 Å². The normalized spacial score (nSPS) is 13.8. The van der Waals surface area contributed by atoms with Crippen molar-refractivity contribution in [1.82, 2.24) is 0 Å². The molecule has 10 aromatic rings. The monoisotopic (exact) mass is 1090 g/mol. The van der Waals surface area contributed by atoms with E-state index in [9.17, 15) is 0 Å². The van der Waals surface area contributed by atoms with Gasteiger partial charge in [0, 0.05) is 33.5 Å². The summed E-state index contributed by atoms with van der Waals surface area (Å²) in [4.78, 5) is 4.88. The third-order valence-corrected chi connectivity index (χ3v) is 16.6. The zero-order chi connectivity index (χ0) is 56.9. The molecule has 2 aliphatic rings. The summed E-state index contributed by atoms with van der Waals surface area (Å²) in [5.74, 6) is 0. The molecule has 0 heterocycles. The van der Waals surface area contributed by atoms with Crippen molar-refractivity contribution >= 4 is 106 Å². The van der Waals surface area contributed by atoms with Crippen LogP contribution >= 0.6 is 0 Å². The molecule has 0 radical (unpaired) electrons. The third-order valence-electron chi connectivity index (χ3n) is 16.6. The van der Waals surface area contributed by atoms with Gasteiger partial charge in [0.25, 0.3) is 0 Å². The molecule has 0 aliphatic heterocycles. The summed E-state index contributed by atoms with van der Waals surface area (Å²) in [6.07, 6.45) is 35.0. The zero-order valence-electron chi connectivity index (χ0n) is 48.7. The molecule has 0 spiro atoms. The molecule has 12 rings (SSSR count). The van der Waals surface area contributed by atoms with Crippen molar-refractivity contribution in [3.05, 3.63) is 308 Å². The molecule has 0 aromatic heterocycles. The average Bonchev–Trinajstić information content (AvgIpc) is 2.52. The molecule has 2 heteroatoms. The van der Waals surface area contributed by atoms with Crippen molar-refractivity contribution in [3.63, 3.8) is 0 Å². The minimum absolute atomic E-state index is 1.10. The number of aryl methyl sites for hydroxylation is 2. The maximum Gasteiger partial charge on any atom is 0.0541 e. The molecular formula is C82H74N2. The Morgan fingerprint density at radius 2 is 0.464 bits per heavy atom. The number of allylic oxidation sites excluding steroid dienone is 2. The van der Waals surface area contributed by atoms with E-state index in [4.69, 9.17) is 0 Å². The maximum absolute atomic E-state index is 2.44. The molecule has 2 saturated carbocycles. The van der Waals surface area contributed by atoms with Crippen LogP contribution in [-0.4, -0.2) is 0 Å². The van der Waals surface area contributed by atoms with Crippen molar-refractivity contribution in [2.75, 3.05) is 9.80 Å². The van der Waals surface area contributed by atoms with Crippen LogP contribution in [0.2, 0.25) is 0 Å². The van der Waals surface area contributed by atoms with Gasteiger partial charge in [0.2, 0.25) is 0 Å². The van der Waals surface area contributed by atoms with E-state index in [1.807, 2.05) is 0 Å². The van der Waals surface area contributed by atoms with Crippen LogP contribution in [0.4, 0.5) is 34.1 Å². The highest BCUT2D eigenvalue weighted by Gasteiger charge is 2.21. The van der Waals surface area contributed by atoms with Crippen LogP contribution < -0.4 is 9.80 Å². The first-order valence-corrected chi connectivity index (χ1v) is 30.4. The number of hydrogen-bond donors (Lipinski definition) is 0. The molecule has 0 N–H and O–H groups in total. The fraction of sp³-hybridized carbons (Fsp3) is 0.146. The molecule has 0 amide bonds. The summed E-state index contributed by atoms with van der Waals surface area (Å²) in [6.45, 7) is 4.25. The molecule has 412 valence electrons. The van der Waals surface area contributed by atoms with Crippen LogP contribution in [0.25, 0.3) is 71.5 Å². The summed E-state index contributed by atoms with van der Waals surface area (Å²) in [5, 5.41) is 2.34. The van der Waals surface area contributed by atoms with Crippen LogP contribution in [0.5, 0.6) is 0 Å². The van der Waals surface area contributed by atoms with Gasteiger partial charge in [0.05, 0.1) is 11.4 Å². The highest BCUT2D eigenvalue weighted by molar-refractivity contribution is 6.07. The Morgan fingerprint density at radius 1 is 0.238 bits per heavy atom. The van der Waals surface area contributed by atoms with Crippen LogP contribution in [-0.2, 0) is 0 Å². The Balaban J connectivity index is 0.864. The fourth-order valence-corrected chi connectivity index (χ4v) is 11.8. The van der Waals surface area contributed by atoms with E-state index < -0.39 is 0 Å². The van der Waals surface area contributed by atoms with Gasteiger partial charge < -0.3 is 9.80 Å². The number of benzene rings is 10. The minimum atomic E-state index is 1.10. The van der Waals surface area contributed by atoms with Gasteiger partial charge in [-0.25, -0.2) is 0 Å². The lowest BCUT2D eigenvalue weighted by Gasteiger charge is -2.31. The summed E-state index contributed by atoms with van der Waals surface area (Å²) in [6, 6.07) is 84.9. The van der Waals surface area contributed by atoms with Crippen LogP contribution in [0, 0.1) is 13.8 Å². The van der Waals surface area contributed by atoms with Crippen molar-refractivity contribution in [1.29, 1.82) is 0 Å². The number of nitrogens with zero attached hydrogens (tertiary/aromatic N) is 2. The third kappa shape index (κ3) is 14.0. The Hall–Kier alpha value is -9.50. The van der Waals surface area contributed by atoms with Gasteiger partial charge in [0.15, 0.2) is 0 Å². The predicted octanol–water partition coefficient (Wildman–Crippen LogP) is 23.8. The summed E-state index contributed by atoms with van der Waals surface area (Å²) in [5.41, 5.74) is 24.3. The zero-order valence-corrected chi connectivity index (χ0v) is 48.7. The van der Waals surface area contributed by atoms with Crippen molar-refractivity contribution in [2.45, 2.75) is 78.1 Å². The predicted molar refractivity (Wildman–Crippen MR) is 366 cm³/mol. The van der Waals surface area contributed by atoms with Crippen molar-refractivity contribution in [3.8, 4) is 0 Å². The SMILES string of the molecule is Cc1ccc(C=Cc2ccc(C=Cc3ccc(N(c4ccc(C=C5CCCCC5)cc4)c4ccc(N(c5ccc(C=Cc6ccc(C=Cc7ccc(C)cc7)cc6)cc5)c5ccc(C=C6CCCCC6)cc5)c5ccccc45)cc3)cc2)cc1. The molecule has 0 saturated heterocycles. The van der Waals surface area contributed by atoms with Gasteiger partial charge in [-0.1, -0.05) is 266 Å². The van der Waals surface area contributed by atoms with E-state index in [-0.39, 0.29) is 0 Å². The minimum Gasteiger partial charge on any atom is -0.310 e. The Labute approximate surface area is 499 Å². The van der Waals surface area contributed by atoms with Crippen LogP contribution in [0.1, 0.15) is 131 Å². The van der Waals surface area contributed by atoms with Gasteiger partial charge in [0.1, 0.15) is 0 Å². The smallest absolute Gasteiger partial charge is 0.0541 e. The largest absolute Gasteiger partial charge is 0.310 e. The van der Waals surface area contributed by atoms with Crippen molar-refractivity contribution in [2.24, 2.45) is 0 Å². The van der Waals surface area contributed by atoms with E-state index in [0.29, 0.717) is 0 Å². The highest BCUT2D eigenvalue weighted by atomic mass is 15.2. The fourth-order valence-electron chi connectivity index (χ4n) is 11.8. The molecule has 84 heavy (non-hydrogen) atoms. The van der Waals surface area contributed by atoms with E-state index in [0.717, 1.165) is 56.4 Å². The summed E-state index contributed by atoms with van der Waals surface area (Å²) in [7, 11) is 0. The second-order valence-corrected chi connectivity index (χ2v) is 22.9. The van der Waals surface area contributed by atoms with Gasteiger partial charge >= 0.3 is 0 Å². The molecule has 0 atom stereocenters. The lowest BCUT2D eigenvalue weighted by molar-refractivity contribution is 0.602. The Bertz CT molecular complexity index is 3720. The lowest BCUT2D eigenvalue weighted by atomic mass is 9.93. The van der Waals surface area contributed by atoms with E-state index in [1.54, 1.807) is 11.1 Å². The second-order valence-electron chi connectivity index (χ2n) is 22.9. The van der Waals surface area contributed by atoms with Crippen molar-refractivity contribution < 1.29 is 0 Å². The molecular weight excluding hydrogens is 1010 g/mol. The second kappa shape index (κ2) is 26.6. The number of anilines is 6. The lowest BCUT2D eigenvalue weighted by Crippen LogP contribution is -2.13. The van der Waals surface area contributed by atoms with Crippen LogP contribution in [0.3, 0.4) is 0 Å². The summed E-state index contributed by atoms with van der Waals surface area (Å²) >= 11 is 0. The van der Waals surface area contributed by atoms with Gasteiger partial charge in [-0.15, -0.1) is 0 Å². The average molecular weight is 1090 g/mol. The molecule has 0 unspecified atom stereocenters. The number of rotatable bonds is 16. The molecule has 2 fully saturated rings. The quantitative estimate of drug-likeness (QED) is 0.0890. The number of hydrogen-bond acceptors (Lipinski definition) is 2. The van der Waals surface area contributed by atoms with E-state index in [2.05, 4.69) is 315 Å². The van der Waals surface area contributed by atoms with E-state index in [1.165, 1.54) is 119 Å². The van der Waals surface area contributed by atoms with Crippen LogP contribution in [0.15, 0.2) is 242 Å².